The molecule has 0 unspecified atom stereocenters. The van der Waals surface area contributed by atoms with Crippen molar-refractivity contribution in [2.45, 2.75) is 13.8 Å². The fourth-order valence-electron chi connectivity index (χ4n) is 3.63. The summed E-state index contributed by atoms with van der Waals surface area (Å²) in [5.74, 6) is -0.318. The highest BCUT2D eigenvalue weighted by molar-refractivity contribution is 7.92. The number of hydrogen-bond acceptors (Lipinski definition) is 6. The fraction of sp³-hybridized carbons (Fsp3) is 0.250. The van der Waals surface area contributed by atoms with Crippen LogP contribution in [-0.2, 0) is 14.8 Å². The van der Waals surface area contributed by atoms with E-state index >= 15 is 0 Å². The lowest BCUT2D eigenvalue weighted by Crippen LogP contribution is -2.39. The number of rotatable bonds is 9. The van der Waals surface area contributed by atoms with Crippen molar-refractivity contribution in [1.29, 1.82) is 0 Å². The summed E-state index contributed by atoms with van der Waals surface area (Å²) in [7, 11) is -0.961. The van der Waals surface area contributed by atoms with Crippen LogP contribution in [0.5, 0.6) is 11.5 Å². The first-order valence-electron chi connectivity index (χ1n) is 10.5. The minimum atomic E-state index is -3.83. The molecule has 35 heavy (non-hydrogen) atoms. The summed E-state index contributed by atoms with van der Waals surface area (Å²) in [4.78, 5) is 12.6. The van der Waals surface area contributed by atoms with E-state index in [9.17, 15) is 17.6 Å². The van der Waals surface area contributed by atoms with Crippen molar-refractivity contribution in [3.05, 3.63) is 71.3 Å². The van der Waals surface area contributed by atoms with E-state index in [2.05, 4.69) is 10.5 Å². The summed E-state index contributed by atoms with van der Waals surface area (Å²) in [6.07, 6.45) is 2.42. The molecule has 0 radical (unpaired) electrons. The first-order chi connectivity index (χ1) is 16.6. The standard InChI is InChI=1S/C24H27FN4O5S/c1-16-12-18(17(2)29(16)21-9-7-6-8-20(21)25)14-26-27-24(30)15-28(35(5,31)32)22-11-10-19(33-3)13-23(22)34-4/h6-14H,15H2,1-5H3,(H,27,30)/b26-14-. The zero-order valence-electron chi connectivity index (χ0n) is 20.1. The van der Waals surface area contributed by atoms with E-state index in [4.69, 9.17) is 9.47 Å². The van der Waals surface area contributed by atoms with Gasteiger partial charge in [-0.15, -0.1) is 0 Å². The van der Waals surface area contributed by atoms with Crippen molar-refractivity contribution in [1.82, 2.24) is 9.99 Å². The average Bonchev–Trinajstić information content (AvgIpc) is 3.09. The number of hydrazone groups is 1. The van der Waals surface area contributed by atoms with Crippen LogP contribution in [0.1, 0.15) is 17.0 Å². The third-order valence-electron chi connectivity index (χ3n) is 5.30. The van der Waals surface area contributed by atoms with Gasteiger partial charge in [0.15, 0.2) is 0 Å². The molecule has 9 nitrogen and oxygen atoms in total. The first kappa shape index (κ1) is 25.8. The molecule has 0 aliphatic heterocycles. The average molecular weight is 503 g/mol. The van der Waals surface area contributed by atoms with Crippen molar-refractivity contribution >= 4 is 27.8 Å². The number of para-hydroxylation sites is 1. The molecule has 0 bridgehead atoms. The van der Waals surface area contributed by atoms with Crippen molar-refractivity contribution in [2.75, 3.05) is 31.3 Å². The number of carbonyl (C=O) groups excluding carboxylic acids is 1. The Morgan fingerprint density at radius 3 is 2.49 bits per heavy atom. The Morgan fingerprint density at radius 1 is 1.14 bits per heavy atom. The summed E-state index contributed by atoms with van der Waals surface area (Å²) in [5.41, 5.74) is 5.12. The zero-order valence-corrected chi connectivity index (χ0v) is 20.9. The smallest absolute Gasteiger partial charge is 0.260 e. The maximum Gasteiger partial charge on any atom is 0.260 e. The predicted molar refractivity (Wildman–Crippen MR) is 133 cm³/mol. The lowest BCUT2D eigenvalue weighted by molar-refractivity contribution is -0.119. The molecule has 0 aliphatic carbocycles. The van der Waals surface area contributed by atoms with Crippen LogP contribution in [0, 0.1) is 19.7 Å². The number of amides is 1. The molecule has 2 aromatic carbocycles. The number of methoxy groups -OCH3 is 2. The lowest BCUT2D eigenvalue weighted by Gasteiger charge is -2.23. The van der Waals surface area contributed by atoms with E-state index in [1.807, 2.05) is 19.9 Å². The Hall–Kier alpha value is -3.86. The van der Waals surface area contributed by atoms with Gasteiger partial charge in [0.1, 0.15) is 23.9 Å². The summed E-state index contributed by atoms with van der Waals surface area (Å²) in [6, 6.07) is 12.8. The molecule has 11 heteroatoms. The fourth-order valence-corrected chi connectivity index (χ4v) is 4.49. The number of nitrogens with zero attached hydrogens (tertiary/aromatic N) is 3. The van der Waals surface area contributed by atoms with Crippen LogP contribution in [-0.4, -0.2) is 52.1 Å². The molecule has 0 saturated heterocycles. The van der Waals surface area contributed by atoms with Gasteiger partial charge in [-0.25, -0.2) is 18.2 Å². The van der Waals surface area contributed by atoms with Gasteiger partial charge >= 0.3 is 0 Å². The third-order valence-corrected chi connectivity index (χ3v) is 6.43. The van der Waals surface area contributed by atoms with Crippen LogP contribution in [0.4, 0.5) is 10.1 Å². The Morgan fingerprint density at radius 2 is 1.86 bits per heavy atom. The number of sulfonamides is 1. The number of anilines is 1. The molecule has 1 N–H and O–H groups in total. The summed E-state index contributed by atoms with van der Waals surface area (Å²) in [6.45, 7) is 3.12. The number of benzene rings is 2. The van der Waals surface area contributed by atoms with E-state index in [0.29, 0.717) is 17.0 Å². The Bertz CT molecular complexity index is 1370. The first-order valence-corrected chi connectivity index (χ1v) is 12.4. The summed E-state index contributed by atoms with van der Waals surface area (Å²) in [5, 5.41) is 3.97. The molecule has 1 aromatic heterocycles. The molecule has 186 valence electrons. The van der Waals surface area contributed by atoms with Gasteiger partial charge < -0.3 is 14.0 Å². The van der Waals surface area contributed by atoms with Crippen molar-refractivity contribution in [3.63, 3.8) is 0 Å². The highest BCUT2D eigenvalue weighted by Gasteiger charge is 2.24. The molecule has 0 saturated carbocycles. The van der Waals surface area contributed by atoms with Crippen LogP contribution in [0.3, 0.4) is 0 Å². The minimum absolute atomic E-state index is 0.184. The maximum atomic E-state index is 14.3. The van der Waals surface area contributed by atoms with Gasteiger partial charge in [0.25, 0.3) is 5.91 Å². The molecule has 0 atom stereocenters. The topological polar surface area (TPSA) is 102 Å². The van der Waals surface area contributed by atoms with Crippen LogP contribution >= 0.6 is 0 Å². The molecule has 3 aromatic rings. The molecule has 0 aliphatic rings. The van der Waals surface area contributed by atoms with Gasteiger partial charge in [0, 0.05) is 23.0 Å². The van der Waals surface area contributed by atoms with E-state index < -0.39 is 22.5 Å². The Kier molecular flexibility index (Phi) is 7.80. The van der Waals surface area contributed by atoms with Gasteiger partial charge in [-0.2, -0.15) is 5.10 Å². The van der Waals surface area contributed by atoms with Gasteiger partial charge in [-0.05, 0) is 44.2 Å². The van der Waals surface area contributed by atoms with Gasteiger partial charge in [-0.1, -0.05) is 12.1 Å². The van der Waals surface area contributed by atoms with Crippen LogP contribution in [0.2, 0.25) is 0 Å². The second kappa shape index (κ2) is 10.6. The molecular formula is C24H27FN4O5S. The van der Waals surface area contributed by atoms with E-state index in [0.717, 1.165) is 21.9 Å². The number of carbonyl (C=O) groups is 1. The molecule has 0 spiro atoms. The number of hydrogen-bond donors (Lipinski definition) is 1. The number of ether oxygens (including phenoxy) is 2. The lowest BCUT2D eigenvalue weighted by atomic mass is 10.2. The van der Waals surface area contributed by atoms with E-state index in [1.165, 1.54) is 38.6 Å². The number of aryl methyl sites for hydroxylation is 1. The highest BCUT2D eigenvalue weighted by Crippen LogP contribution is 2.33. The van der Waals surface area contributed by atoms with Crippen LogP contribution in [0.15, 0.2) is 53.6 Å². The number of aromatic nitrogens is 1. The largest absolute Gasteiger partial charge is 0.497 e. The predicted octanol–water partition coefficient (Wildman–Crippen LogP) is 3.17. The number of nitrogens with one attached hydrogen (secondary N) is 1. The molecule has 1 heterocycles. The minimum Gasteiger partial charge on any atom is -0.497 e. The Labute approximate surface area is 203 Å². The van der Waals surface area contributed by atoms with Crippen molar-refractivity contribution in [3.8, 4) is 17.2 Å². The molecular weight excluding hydrogens is 475 g/mol. The number of halogens is 1. The summed E-state index contributed by atoms with van der Waals surface area (Å²) < 4.78 is 52.2. The molecule has 0 fully saturated rings. The monoisotopic (exact) mass is 502 g/mol. The summed E-state index contributed by atoms with van der Waals surface area (Å²) >= 11 is 0. The van der Waals surface area contributed by atoms with Gasteiger partial charge in [0.2, 0.25) is 10.0 Å². The van der Waals surface area contributed by atoms with E-state index in [-0.39, 0.29) is 17.3 Å². The second-order valence-corrected chi connectivity index (χ2v) is 9.62. The zero-order chi connectivity index (χ0) is 25.8. The normalized spacial score (nSPS) is 11.5. The van der Waals surface area contributed by atoms with Crippen molar-refractivity contribution in [2.24, 2.45) is 5.10 Å². The van der Waals surface area contributed by atoms with Gasteiger partial charge in [-0.3, -0.25) is 9.10 Å². The molecule has 3 rings (SSSR count). The van der Waals surface area contributed by atoms with Gasteiger partial charge in [0.05, 0.1) is 38.1 Å². The van der Waals surface area contributed by atoms with Crippen LogP contribution < -0.4 is 19.2 Å². The molecule has 1 amide bonds. The maximum absolute atomic E-state index is 14.3. The quantitative estimate of drug-likeness (QED) is 0.358. The third kappa shape index (κ3) is 5.80. The second-order valence-electron chi connectivity index (χ2n) is 7.71. The van der Waals surface area contributed by atoms with Crippen molar-refractivity contribution < 1.29 is 27.1 Å². The SMILES string of the molecule is COc1ccc(N(CC(=O)N/N=C\c2cc(C)n(-c3ccccc3F)c2C)S(C)(=O)=O)c(OC)c1. The Balaban J connectivity index is 1.79. The van der Waals surface area contributed by atoms with Crippen LogP contribution in [0.25, 0.3) is 5.69 Å². The van der Waals surface area contributed by atoms with E-state index in [1.54, 1.807) is 28.8 Å². The highest BCUT2D eigenvalue weighted by atomic mass is 32.2.